The standard InChI is InChI=1S/C24H39P.C12H10N.ClH.Pd/c1-2-3-24(25,22-10-16-4-17(11-22)6-18(5-16)12-22)23-13-19-7-20(14-23)9-21(8-19)15-23;13-12-9-5-4-8-11(12)10-6-2-1-3-7-10;;/h16-21H,2-15,25H2,1H3;1-6,8-9H,13H2;1H;/q;-1;;+2/p-1. The first-order valence-corrected chi connectivity index (χ1v) is 18.7. The minimum absolute atomic E-state index is 0.584. The number of para-hydroxylation sites is 1. The van der Waals surface area contributed by atoms with Crippen LogP contribution in [0.25, 0.3) is 11.1 Å². The molecule has 2 aromatic rings. The van der Waals surface area contributed by atoms with Crippen molar-refractivity contribution < 1.29 is 18.2 Å². The Hall–Kier alpha value is -0.378. The molecule has 8 bridgehead atoms. The van der Waals surface area contributed by atoms with Crippen LogP contribution in [0.3, 0.4) is 0 Å². The second-order valence-electron chi connectivity index (χ2n) is 15.0. The van der Waals surface area contributed by atoms with Gasteiger partial charge >= 0.3 is 27.7 Å². The van der Waals surface area contributed by atoms with Crippen LogP contribution in [0, 0.1) is 52.4 Å². The van der Waals surface area contributed by atoms with Crippen molar-refractivity contribution in [1.29, 1.82) is 0 Å². The maximum absolute atomic E-state index is 5.83. The van der Waals surface area contributed by atoms with Gasteiger partial charge in [-0.15, -0.1) is 45.1 Å². The third kappa shape index (κ3) is 5.19. The number of nitrogens with two attached hydrogens (primary N) is 1. The SMILES string of the molecule is CCCC(P)(C12CC3CC(CC(C3)C1)C2)C12CC3CC(CC(C3)C1)C2.Nc1ccccc1-c1[c-]cccc1.[Cl][Pd+]. The van der Waals surface area contributed by atoms with Gasteiger partial charge in [-0.3, -0.25) is 0 Å². The molecule has 2 N–H and O–H groups in total. The molecule has 2 aromatic carbocycles. The summed E-state index contributed by atoms with van der Waals surface area (Å²) in [6.07, 6.45) is 22.2. The maximum atomic E-state index is 5.83. The second-order valence-corrected chi connectivity index (χ2v) is 16.0. The van der Waals surface area contributed by atoms with Gasteiger partial charge in [0, 0.05) is 0 Å². The molecule has 0 spiro atoms. The Balaban J connectivity index is 0.000000164. The van der Waals surface area contributed by atoms with E-state index in [9.17, 15) is 0 Å². The molecule has 0 heterocycles. The van der Waals surface area contributed by atoms with Gasteiger partial charge in [-0.25, -0.2) is 0 Å². The molecule has 8 aliphatic carbocycles. The summed E-state index contributed by atoms with van der Waals surface area (Å²) in [5.41, 5.74) is 10.1. The molecule has 0 saturated heterocycles. The number of hydrogen-bond acceptors (Lipinski definition) is 1. The van der Waals surface area contributed by atoms with Crippen molar-refractivity contribution in [2.24, 2.45) is 46.3 Å². The molecule has 4 heteroatoms. The molecule has 8 fully saturated rings. The van der Waals surface area contributed by atoms with E-state index in [1.54, 1.807) is 77.0 Å². The molecular formula is C36H49ClNPPd. The predicted octanol–water partition coefficient (Wildman–Crippen LogP) is 10.3. The molecule has 1 atom stereocenters. The fourth-order valence-corrected chi connectivity index (χ4v) is 13.1. The van der Waals surface area contributed by atoms with Crippen molar-refractivity contribution in [3.05, 3.63) is 54.6 Å². The van der Waals surface area contributed by atoms with Gasteiger partial charge in [-0.1, -0.05) is 37.1 Å². The summed E-state index contributed by atoms with van der Waals surface area (Å²) in [5.74, 6) is 6.65. The normalized spacial score (nSPS) is 39.5. The first kappa shape index (κ1) is 29.7. The molecule has 0 radical (unpaired) electrons. The van der Waals surface area contributed by atoms with Gasteiger partial charge in [0.05, 0.1) is 0 Å². The van der Waals surface area contributed by atoms with Crippen molar-refractivity contribution in [1.82, 2.24) is 0 Å². The number of halogens is 1. The number of anilines is 1. The Morgan fingerprint density at radius 1 is 0.775 bits per heavy atom. The van der Waals surface area contributed by atoms with Crippen LogP contribution >= 0.6 is 18.8 Å². The summed E-state index contributed by atoms with van der Waals surface area (Å²) in [6.45, 7) is 2.49. The fraction of sp³-hybridized carbons (Fsp3) is 0.667. The van der Waals surface area contributed by atoms with E-state index in [1.807, 2.05) is 48.5 Å². The van der Waals surface area contributed by atoms with E-state index in [0.717, 1.165) is 52.3 Å². The first-order chi connectivity index (χ1) is 19.4. The summed E-state index contributed by atoms with van der Waals surface area (Å²) >= 11 is 2.22. The Labute approximate surface area is 261 Å². The summed E-state index contributed by atoms with van der Waals surface area (Å²) in [7, 11) is 8.18. The van der Waals surface area contributed by atoms with Crippen molar-refractivity contribution in [2.75, 3.05) is 5.73 Å². The van der Waals surface area contributed by atoms with Crippen molar-refractivity contribution >= 4 is 24.5 Å². The van der Waals surface area contributed by atoms with Crippen molar-refractivity contribution in [3.8, 4) is 11.1 Å². The Morgan fingerprint density at radius 3 is 1.57 bits per heavy atom. The van der Waals surface area contributed by atoms with Gasteiger partial charge in [0.2, 0.25) is 0 Å². The van der Waals surface area contributed by atoms with E-state index < -0.39 is 0 Å². The molecule has 8 aliphatic rings. The average molecular weight is 669 g/mol. The van der Waals surface area contributed by atoms with E-state index in [0.29, 0.717) is 16.0 Å². The molecule has 1 unspecified atom stereocenters. The summed E-state index contributed by atoms with van der Waals surface area (Å²) in [5, 5.41) is 0.584. The van der Waals surface area contributed by atoms with Gasteiger partial charge < -0.3 is 5.73 Å². The van der Waals surface area contributed by atoms with Crippen LogP contribution in [0.4, 0.5) is 5.69 Å². The zero-order chi connectivity index (χ0) is 28.0. The van der Waals surface area contributed by atoms with Gasteiger partial charge in [0.15, 0.2) is 0 Å². The molecule has 8 saturated carbocycles. The van der Waals surface area contributed by atoms with Crippen molar-refractivity contribution in [3.63, 3.8) is 0 Å². The topological polar surface area (TPSA) is 26.0 Å². The second kappa shape index (κ2) is 12.0. The van der Waals surface area contributed by atoms with Crippen LogP contribution in [0.15, 0.2) is 48.5 Å². The van der Waals surface area contributed by atoms with Crippen LogP contribution in [0.2, 0.25) is 0 Å². The Bertz CT molecular complexity index is 1030. The Kier molecular flexibility index (Phi) is 8.87. The molecule has 0 aliphatic heterocycles. The number of benzene rings is 2. The zero-order valence-corrected chi connectivity index (χ0v) is 27.8. The van der Waals surface area contributed by atoms with Crippen LogP contribution in [0.5, 0.6) is 0 Å². The van der Waals surface area contributed by atoms with E-state index in [-0.39, 0.29) is 0 Å². The van der Waals surface area contributed by atoms with Gasteiger partial charge in [-0.05, 0) is 147 Å². The quantitative estimate of drug-likeness (QED) is 0.146. The average Bonchev–Trinajstić information content (AvgIpc) is 2.94. The summed E-state index contributed by atoms with van der Waals surface area (Å²) in [6, 6.07) is 18.8. The third-order valence-corrected chi connectivity index (χ3v) is 14.1. The Morgan fingerprint density at radius 2 is 1.20 bits per heavy atom. The molecule has 0 amide bonds. The molecule has 0 aromatic heterocycles. The van der Waals surface area contributed by atoms with E-state index in [2.05, 4.69) is 49.9 Å². The van der Waals surface area contributed by atoms with Crippen LogP contribution in [-0.4, -0.2) is 5.16 Å². The molecule has 10 rings (SSSR count). The molecule has 220 valence electrons. The zero-order valence-electron chi connectivity index (χ0n) is 24.3. The number of rotatable bonds is 5. The number of nitrogen functional groups attached to an aromatic ring is 1. The summed E-state index contributed by atoms with van der Waals surface area (Å²) in [4.78, 5) is 0. The first-order valence-electron chi connectivity index (χ1n) is 16.1. The van der Waals surface area contributed by atoms with E-state index >= 15 is 0 Å². The third-order valence-electron chi connectivity index (χ3n) is 12.6. The van der Waals surface area contributed by atoms with Crippen molar-refractivity contribution in [2.45, 2.75) is 102 Å². The van der Waals surface area contributed by atoms with E-state index in [1.165, 1.54) is 12.8 Å². The van der Waals surface area contributed by atoms with Crippen LogP contribution in [-0.2, 0) is 18.2 Å². The molecule has 40 heavy (non-hydrogen) atoms. The molecular weight excluding hydrogens is 619 g/mol. The van der Waals surface area contributed by atoms with Gasteiger partial charge in [-0.2, -0.15) is 0 Å². The predicted molar refractivity (Wildman–Crippen MR) is 170 cm³/mol. The van der Waals surface area contributed by atoms with Crippen LogP contribution in [0.1, 0.15) is 96.8 Å². The van der Waals surface area contributed by atoms with Crippen LogP contribution < -0.4 is 5.73 Å². The van der Waals surface area contributed by atoms with E-state index in [4.69, 9.17) is 5.73 Å². The summed E-state index contributed by atoms with van der Waals surface area (Å²) < 4.78 is 0. The fourth-order valence-electron chi connectivity index (χ4n) is 12.1. The molecule has 1 nitrogen and oxygen atoms in total. The van der Waals surface area contributed by atoms with Gasteiger partial charge in [0.1, 0.15) is 0 Å². The monoisotopic (exact) mass is 667 g/mol. The minimum atomic E-state index is 0.584. The van der Waals surface area contributed by atoms with Gasteiger partial charge in [0.25, 0.3) is 0 Å². The number of hydrogen-bond donors (Lipinski definition) is 1.